The van der Waals surface area contributed by atoms with Gasteiger partial charge < -0.3 is 24.3 Å². The number of anilines is 1. The van der Waals surface area contributed by atoms with E-state index in [4.69, 9.17) is 42.1 Å². The molecule has 1 aliphatic heterocycles. The molecule has 3 rings (SSSR count). The van der Waals surface area contributed by atoms with Crippen molar-refractivity contribution < 1.29 is 23.7 Å². The highest BCUT2D eigenvalue weighted by atomic mass is 35.5. The third-order valence-electron chi connectivity index (χ3n) is 4.58. The van der Waals surface area contributed by atoms with E-state index in [1.54, 1.807) is 19.3 Å². The van der Waals surface area contributed by atoms with Gasteiger partial charge in [0.25, 0.3) is 0 Å². The summed E-state index contributed by atoms with van der Waals surface area (Å²) in [7, 11) is 1.57. The van der Waals surface area contributed by atoms with E-state index in [0.717, 1.165) is 24.8 Å². The van der Waals surface area contributed by atoms with Crippen LogP contribution in [0.3, 0.4) is 0 Å². The van der Waals surface area contributed by atoms with Gasteiger partial charge in [-0.2, -0.15) is 0 Å². The lowest BCUT2D eigenvalue weighted by Crippen LogP contribution is -2.11. The normalized spacial score (nSPS) is 12.4. The maximum atomic E-state index is 10.8. The summed E-state index contributed by atoms with van der Waals surface area (Å²) in [6, 6.07) is 3.66. The molecule has 0 spiro atoms. The number of pyridine rings is 1. The van der Waals surface area contributed by atoms with Crippen molar-refractivity contribution in [2.45, 2.75) is 26.2 Å². The number of fused-ring (bicyclic) bond motifs is 1. The largest absolute Gasteiger partial charge is 0.493 e. The van der Waals surface area contributed by atoms with Crippen LogP contribution in [0.25, 0.3) is 5.70 Å². The molecule has 2 heterocycles. The van der Waals surface area contributed by atoms with Gasteiger partial charge in [0.05, 0.1) is 41.8 Å². The topological polar surface area (TPSA) is 78.9 Å². The molecule has 32 heavy (non-hydrogen) atoms. The molecule has 170 valence electrons. The van der Waals surface area contributed by atoms with Crippen molar-refractivity contribution in [2.24, 2.45) is 0 Å². The van der Waals surface area contributed by atoms with Crippen LogP contribution in [-0.2, 0) is 9.53 Å². The van der Waals surface area contributed by atoms with Crippen LogP contribution in [0, 0.1) is 0 Å². The number of unbranched alkanes of at least 4 members (excludes halogenated alkanes) is 2. The van der Waals surface area contributed by atoms with Crippen molar-refractivity contribution in [3.05, 3.63) is 58.5 Å². The zero-order chi connectivity index (χ0) is 23.1. The third-order valence-corrected chi connectivity index (χ3v) is 5.15. The number of nitrogens with zero attached hydrogens (tertiary/aromatic N) is 1. The Bertz CT molecular complexity index is 1020. The van der Waals surface area contributed by atoms with Crippen molar-refractivity contribution in [3.63, 3.8) is 0 Å². The van der Waals surface area contributed by atoms with Gasteiger partial charge in [-0.3, -0.25) is 9.78 Å². The Balaban J connectivity index is 1.77. The molecule has 0 saturated heterocycles. The molecular formula is C23H24Cl2N2O5. The van der Waals surface area contributed by atoms with E-state index in [-0.39, 0.29) is 5.97 Å². The predicted molar refractivity (Wildman–Crippen MR) is 125 cm³/mol. The molecule has 0 unspecified atom stereocenters. The van der Waals surface area contributed by atoms with Crippen LogP contribution in [0.2, 0.25) is 10.0 Å². The average Bonchev–Trinajstić information content (AvgIpc) is 2.75. The summed E-state index contributed by atoms with van der Waals surface area (Å²) < 4.78 is 22.4. The molecule has 0 radical (unpaired) electrons. The zero-order valence-corrected chi connectivity index (χ0v) is 19.4. The number of ether oxygens (including phenoxy) is 4. The van der Waals surface area contributed by atoms with Gasteiger partial charge >= 0.3 is 5.97 Å². The summed E-state index contributed by atoms with van der Waals surface area (Å²) in [6.45, 7) is 6.18. The molecule has 0 saturated carbocycles. The van der Waals surface area contributed by atoms with E-state index in [9.17, 15) is 4.79 Å². The maximum Gasteiger partial charge on any atom is 0.302 e. The highest BCUT2D eigenvalue weighted by Crippen LogP contribution is 2.46. The van der Waals surface area contributed by atoms with E-state index in [1.165, 1.54) is 19.3 Å². The Hall–Kier alpha value is -2.90. The fourth-order valence-corrected chi connectivity index (χ4v) is 3.55. The first-order valence-corrected chi connectivity index (χ1v) is 10.8. The Morgan fingerprint density at radius 3 is 2.56 bits per heavy atom. The number of esters is 1. The molecule has 1 aliphatic rings. The van der Waals surface area contributed by atoms with Crippen LogP contribution in [0.5, 0.6) is 17.2 Å². The number of nitrogens with one attached hydrogen (secondary N) is 1. The van der Waals surface area contributed by atoms with E-state index in [2.05, 4.69) is 16.9 Å². The lowest BCUT2D eigenvalue weighted by atomic mass is 10.1. The van der Waals surface area contributed by atoms with E-state index < -0.39 is 0 Å². The quantitative estimate of drug-likeness (QED) is 0.337. The summed E-state index contributed by atoms with van der Waals surface area (Å²) in [5, 5.41) is 4.02. The highest BCUT2D eigenvalue weighted by Gasteiger charge is 2.25. The van der Waals surface area contributed by atoms with Crippen molar-refractivity contribution in [1.82, 2.24) is 4.98 Å². The second-order valence-electron chi connectivity index (χ2n) is 6.95. The molecule has 1 aromatic heterocycles. The molecule has 2 aromatic rings. The van der Waals surface area contributed by atoms with Crippen LogP contribution >= 0.6 is 23.2 Å². The number of carbonyl (C=O) groups excluding carboxylic acids is 1. The standard InChI is InChI=1S/C23H24Cl2N2O5/c1-14-11-19(27-21-17(24)12-26-13-18(21)25)16-7-8-20(29-3)23(22(16)32-14)31-10-6-4-5-9-30-15(2)28/h7-8,11-13H,1,4-6,9-10H2,2-3H3,(H,26,27). The van der Waals surface area contributed by atoms with Crippen molar-refractivity contribution >= 4 is 40.6 Å². The lowest BCUT2D eigenvalue weighted by Gasteiger charge is -2.25. The number of halogens is 2. The second-order valence-corrected chi connectivity index (χ2v) is 7.77. The number of rotatable bonds is 10. The number of allylic oxidation sites excluding steroid dienone is 1. The monoisotopic (exact) mass is 478 g/mol. The number of methoxy groups -OCH3 is 1. The van der Waals surface area contributed by atoms with Crippen LogP contribution < -0.4 is 19.5 Å². The number of hydrogen-bond donors (Lipinski definition) is 1. The first-order valence-electron chi connectivity index (χ1n) is 10.0. The van der Waals surface area contributed by atoms with Crippen molar-refractivity contribution in [1.29, 1.82) is 0 Å². The van der Waals surface area contributed by atoms with Gasteiger partial charge in [0.1, 0.15) is 5.76 Å². The number of aromatic nitrogens is 1. The predicted octanol–water partition coefficient (Wildman–Crippen LogP) is 5.87. The first-order chi connectivity index (χ1) is 15.4. The minimum absolute atomic E-state index is 0.272. The van der Waals surface area contributed by atoms with Crippen molar-refractivity contribution in [3.8, 4) is 17.2 Å². The van der Waals surface area contributed by atoms with Gasteiger partial charge in [-0.25, -0.2) is 0 Å². The fourth-order valence-electron chi connectivity index (χ4n) is 3.09. The molecule has 9 heteroatoms. The minimum atomic E-state index is -0.272. The Morgan fingerprint density at radius 2 is 1.88 bits per heavy atom. The highest BCUT2D eigenvalue weighted by molar-refractivity contribution is 6.39. The molecular weight excluding hydrogens is 455 g/mol. The van der Waals surface area contributed by atoms with Gasteiger partial charge in [-0.1, -0.05) is 29.8 Å². The summed E-state index contributed by atoms with van der Waals surface area (Å²) in [6.07, 6.45) is 7.16. The smallest absolute Gasteiger partial charge is 0.302 e. The molecule has 0 fully saturated rings. The molecule has 1 N–H and O–H groups in total. The average molecular weight is 479 g/mol. The van der Waals surface area contributed by atoms with Gasteiger partial charge in [0, 0.05) is 31.0 Å². The molecule has 0 atom stereocenters. The van der Waals surface area contributed by atoms with Gasteiger partial charge in [0.2, 0.25) is 5.75 Å². The molecule has 0 aliphatic carbocycles. The van der Waals surface area contributed by atoms with E-state index in [1.807, 2.05) is 6.07 Å². The Morgan fingerprint density at radius 1 is 1.16 bits per heavy atom. The molecule has 1 aromatic carbocycles. The number of benzene rings is 1. The van der Waals surface area contributed by atoms with Crippen LogP contribution in [0.4, 0.5) is 5.69 Å². The SMILES string of the molecule is C=C1C=C(Nc2c(Cl)cncc2Cl)c2ccc(OC)c(OCCCCCOC(C)=O)c2O1. The molecule has 0 amide bonds. The van der Waals surface area contributed by atoms with Gasteiger partial charge in [0.15, 0.2) is 11.5 Å². The Labute approximate surface area is 196 Å². The fraction of sp³-hybridized carbons (Fsp3) is 0.304. The summed E-state index contributed by atoms with van der Waals surface area (Å²) >= 11 is 12.5. The maximum absolute atomic E-state index is 10.8. The van der Waals surface area contributed by atoms with E-state index >= 15 is 0 Å². The third kappa shape index (κ3) is 5.87. The number of carbonyl (C=O) groups is 1. The summed E-state index contributed by atoms with van der Waals surface area (Å²) in [4.78, 5) is 14.8. The summed E-state index contributed by atoms with van der Waals surface area (Å²) in [5.74, 6) is 1.65. The summed E-state index contributed by atoms with van der Waals surface area (Å²) in [5.41, 5.74) is 1.97. The lowest BCUT2D eigenvalue weighted by molar-refractivity contribution is -0.141. The number of hydrogen-bond acceptors (Lipinski definition) is 7. The second kappa shape index (κ2) is 11.1. The first kappa shape index (κ1) is 23.8. The Kier molecular flexibility index (Phi) is 8.25. The van der Waals surface area contributed by atoms with Crippen LogP contribution in [-0.4, -0.2) is 31.3 Å². The van der Waals surface area contributed by atoms with Gasteiger partial charge in [-0.05, 0) is 31.4 Å². The molecule has 7 nitrogen and oxygen atoms in total. The van der Waals surface area contributed by atoms with Crippen molar-refractivity contribution in [2.75, 3.05) is 25.6 Å². The molecule has 0 bridgehead atoms. The zero-order valence-electron chi connectivity index (χ0n) is 17.9. The van der Waals surface area contributed by atoms with Crippen LogP contribution in [0.15, 0.2) is 42.9 Å². The minimum Gasteiger partial charge on any atom is -0.493 e. The van der Waals surface area contributed by atoms with Crippen LogP contribution in [0.1, 0.15) is 31.7 Å². The van der Waals surface area contributed by atoms with E-state index in [0.29, 0.717) is 57.7 Å². The van der Waals surface area contributed by atoms with Gasteiger partial charge in [-0.15, -0.1) is 0 Å².